The predicted octanol–water partition coefficient (Wildman–Crippen LogP) is 10.5. The first kappa shape index (κ1) is 43.3. The molecule has 0 bridgehead atoms. The largest absolute Gasteiger partial charge is 0.514 e. The Hall–Kier alpha value is -4.47. The third-order valence-electron chi connectivity index (χ3n) is 10.9. The van der Waals surface area contributed by atoms with E-state index in [0.29, 0.717) is 11.7 Å². The van der Waals surface area contributed by atoms with E-state index in [9.17, 15) is 14.4 Å². The Morgan fingerprint density at radius 3 is 1.84 bits per heavy atom. The number of aromatic nitrogens is 2. The minimum atomic E-state index is -1.15. The van der Waals surface area contributed by atoms with Crippen molar-refractivity contribution in [2.24, 2.45) is 17.8 Å². The van der Waals surface area contributed by atoms with Gasteiger partial charge >= 0.3 is 18.1 Å². The molecule has 0 amide bonds. The summed E-state index contributed by atoms with van der Waals surface area (Å²) in [5, 5.41) is 0. The molecule has 300 valence electrons. The van der Waals surface area contributed by atoms with Gasteiger partial charge in [0.1, 0.15) is 30.3 Å². The Morgan fingerprint density at radius 2 is 1.31 bits per heavy atom. The average Bonchev–Trinajstić information content (AvgIpc) is 3.16. The van der Waals surface area contributed by atoms with E-state index in [1.165, 1.54) is 69.7 Å². The van der Waals surface area contributed by atoms with Gasteiger partial charge in [-0.2, -0.15) is 0 Å². The lowest BCUT2D eigenvalue weighted by Gasteiger charge is -2.38. The summed E-state index contributed by atoms with van der Waals surface area (Å²) < 4.78 is 29.0. The maximum Gasteiger partial charge on any atom is 0.514 e. The van der Waals surface area contributed by atoms with E-state index in [-0.39, 0.29) is 29.9 Å². The number of nitrogens with zero attached hydrogens (tertiary/aromatic N) is 2. The van der Waals surface area contributed by atoms with Gasteiger partial charge in [0.25, 0.3) is 0 Å². The van der Waals surface area contributed by atoms with Crippen molar-refractivity contribution in [2.75, 3.05) is 13.2 Å². The first-order valence-electron chi connectivity index (χ1n) is 20.1. The van der Waals surface area contributed by atoms with Crippen LogP contribution in [-0.4, -0.2) is 53.0 Å². The summed E-state index contributed by atoms with van der Waals surface area (Å²) >= 11 is 0. The van der Waals surface area contributed by atoms with Gasteiger partial charge < -0.3 is 23.7 Å². The third kappa shape index (κ3) is 13.4. The number of esters is 2. The summed E-state index contributed by atoms with van der Waals surface area (Å²) in [6.07, 6.45) is 16.6. The molecule has 0 spiro atoms. The van der Waals surface area contributed by atoms with Crippen LogP contribution in [0.15, 0.2) is 49.1 Å². The topological polar surface area (TPSA) is 123 Å². The van der Waals surface area contributed by atoms with Gasteiger partial charge in [0, 0.05) is 30.4 Å². The highest BCUT2D eigenvalue weighted by Gasteiger charge is 2.35. The highest BCUT2D eigenvalue weighted by molar-refractivity contribution is 5.89. The molecule has 2 aromatic heterocycles. The summed E-state index contributed by atoms with van der Waals surface area (Å²) in [7, 11) is 0. The summed E-state index contributed by atoms with van der Waals surface area (Å²) in [4.78, 5) is 46.4. The molecule has 0 aliphatic carbocycles. The lowest BCUT2D eigenvalue weighted by molar-refractivity contribution is -0.0240. The Morgan fingerprint density at radius 1 is 0.764 bits per heavy atom. The second kappa shape index (κ2) is 21.0. The monoisotopic (exact) mass is 758 g/mol. The van der Waals surface area contributed by atoms with Crippen LogP contribution in [0.25, 0.3) is 0 Å². The van der Waals surface area contributed by atoms with Crippen LogP contribution in [0, 0.1) is 38.5 Å². The van der Waals surface area contributed by atoms with Gasteiger partial charge in [0.15, 0.2) is 6.10 Å². The molecule has 4 rings (SSSR count). The first-order valence-corrected chi connectivity index (χ1v) is 20.1. The molecule has 3 unspecified atom stereocenters. The minimum absolute atomic E-state index is 0.225. The fourth-order valence-corrected chi connectivity index (χ4v) is 7.24. The van der Waals surface area contributed by atoms with Gasteiger partial charge in [0.2, 0.25) is 0 Å². The van der Waals surface area contributed by atoms with Crippen LogP contribution >= 0.6 is 0 Å². The van der Waals surface area contributed by atoms with Crippen LogP contribution in [0.1, 0.15) is 142 Å². The normalized spacial score (nSPS) is 16.2. The summed E-state index contributed by atoms with van der Waals surface area (Å²) in [5.41, 5.74) is 3.70. The van der Waals surface area contributed by atoms with E-state index in [1.807, 2.05) is 20.8 Å². The predicted molar refractivity (Wildman–Crippen MR) is 213 cm³/mol. The Kier molecular flexibility index (Phi) is 16.5. The highest BCUT2D eigenvalue weighted by atomic mass is 16.7. The molecule has 0 saturated heterocycles. The fraction of sp³-hybridized carbons (Fsp3) is 0.578. The maximum atomic E-state index is 13.3. The second-order valence-corrected chi connectivity index (χ2v) is 16.2. The SMILES string of the molecule is Cc1c(C)c2c(c(C)c1OC(=O)OC(COC(=O)c1cccnc1)COC(=O)c1cccnc1)CCC(C)(CCCC(C)CCCC(C)CCCC(C)C)O2. The zero-order valence-electron chi connectivity index (χ0n) is 34.3. The molecule has 10 heteroatoms. The molecule has 1 aliphatic rings. The average molecular weight is 759 g/mol. The van der Waals surface area contributed by atoms with Crippen LogP contribution in [0.2, 0.25) is 0 Å². The lowest BCUT2D eigenvalue weighted by Crippen LogP contribution is -2.37. The van der Waals surface area contributed by atoms with Crippen molar-refractivity contribution in [3.05, 3.63) is 82.4 Å². The Bertz CT molecular complexity index is 1640. The fourth-order valence-electron chi connectivity index (χ4n) is 7.24. The molecule has 0 radical (unpaired) electrons. The first-order chi connectivity index (χ1) is 26.3. The molecule has 55 heavy (non-hydrogen) atoms. The zero-order chi connectivity index (χ0) is 40.0. The summed E-state index contributed by atoms with van der Waals surface area (Å²) in [5.74, 6) is 2.25. The van der Waals surface area contributed by atoms with Gasteiger partial charge in [-0.1, -0.05) is 72.6 Å². The number of hydrogen-bond donors (Lipinski definition) is 0. The highest BCUT2D eigenvalue weighted by Crippen LogP contribution is 2.45. The molecule has 0 fully saturated rings. The van der Waals surface area contributed by atoms with Crippen LogP contribution in [0.4, 0.5) is 4.79 Å². The van der Waals surface area contributed by atoms with E-state index in [1.54, 1.807) is 24.3 Å². The van der Waals surface area contributed by atoms with E-state index >= 15 is 0 Å². The standard InChI is InChI=1S/C45H62N2O8/c1-30(2)14-9-15-31(3)16-10-17-32(4)18-11-22-45(8)23-21-39-35(7)40(33(5)34(6)41(39)55-45)54-44(50)53-38(28-51-42(48)36-19-12-24-46-26-36)29-52-43(49)37-20-13-25-47-27-37/h12-13,19-20,24-27,30-32,38H,9-11,14-18,21-23,28-29H2,1-8H3. The van der Waals surface area contributed by atoms with Gasteiger partial charge in [-0.25, -0.2) is 14.4 Å². The smallest absolute Gasteiger partial charge is 0.487 e. The molecule has 1 aromatic carbocycles. The van der Waals surface area contributed by atoms with Crippen molar-refractivity contribution < 1.29 is 38.1 Å². The van der Waals surface area contributed by atoms with Crippen LogP contribution in [-0.2, 0) is 20.6 Å². The van der Waals surface area contributed by atoms with Crippen LogP contribution in [0.3, 0.4) is 0 Å². The third-order valence-corrected chi connectivity index (χ3v) is 10.9. The van der Waals surface area contributed by atoms with Crippen molar-refractivity contribution in [2.45, 2.75) is 138 Å². The number of rotatable bonds is 20. The number of fused-ring (bicyclic) bond motifs is 1. The lowest BCUT2D eigenvalue weighted by atomic mass is 9.83. The minimum Gasteiger partial charge on any atom is -0.487 e. The zero-order valence-corrected chi connectivity index (χ0v) is 34.3. The number of hydrogen-bond acceptors (Lipinski definition) is 10. The van der Waals surface area contributed by atoms with Crippen molar-refractivity contribution in [1.82, 2.24) is 9.97 Å². The molecular formula is C45H62N2O8. The second-order valence-electron chi connectivity index (χ2n) is 16.2. The molecule has 3 atom stereocenters. The number of carbonyl (C=O) groups excluding carboxylic acids is 3. The maximum absolute atomic E-state index is 13.3. The number of pyridine rings is 2. The van der Waals surface area contributed by atoms with Crippen LogP contribution < -0.4 is 9.47 Å². The van der Waals surface area contributed by atoms with E-state index < -0.39 is 24.2 Å². The van der Waals surface area contributed by atoms with Gasteiger partial charge in [-0.15, -0.1) is 0 Å². The Labute approximate surface area is 328 Å². The van der Waals surface area contributed by atoms with Gasteiger partial charge in [-0.3, -0.25) is 9.97 Å². The van der Waals surface area contributed by atoms with Crippen molar-refractivity contribution in [1.29, 1.82) is 0 Å². The summed E-state index contributed by atoms with van der Waals surface area (Å²) in [6.45, 7) is 16.7. The van der Waals surface area contributed by atoms with E-state index in [0.717, 1.165) is 65.5 Å². The molecule has 1 aliphatic heterocycles. The molecule has 0 N–H and O–H groups in total. The quantitative estimate of drug-likeness (QED) is 0.0625. The van der Waals surface area contributed by atoms with Crippen molar-refractivity contribution >= 4 is 18.1 Å². The summed E-state index contributed by atoms with van der Waals surface area (Å²) in [6, 6.07) is 6.32. The molecule has 3 aromatic rings. The number of ether oxygens (including phenoxy) is 5. The Balaban J connectivity index is 1.33. The van der Waals surface area contributed by atoms with E-state index in [4.69, 9.17) is 23.7 Å². The van der Waals surface area contributed by atoms with Crippen molar-refractivity contribution in [3.63, 3.8) is 0 Å². The number of benzene rings is 1. The van der Waals surface area contributed by atoms with Gasteiger partial charge in [-0.05, 0) is 112 Å². The van der Waals surface area contributed by atoms with E-state index in [2.05, 4.69) is 44.6 Å². The number of carbonyl (C=O) groups is 3. The molecule has 0 saturated carbocycles. The molecule has 3 heterocycles. The van der Waals surface area contributed by atoms with Crippen molar-refractivity contribution in [3.8, 4) is 11.5 Å². The molecule has 10 nitrogen and oxygen atoms in total. The molecular weight excluding hydrogens is 697 g/mol. The van der Waals surface area contributed by atoms with Gasteiger partial charge in [0.05, 0.1) is 11.1 Å². The van der Waals surface area contributed by atoms with Crippen LogP contribution in [0.5, 0.6) is 11.5 Å².